The van der Waals surface area contributed by atoms with E-state index in [9.17, 15) is 14.4 Å². The highest BCUT2D eigenvalue weighted by Gasteiger charge is 2.26. The van der Waals surface area contributed by atoms with Gasteiger partial charge in [0.15, 0.2) is 11.2 Å². The minimum absolute atomic E-state index is 0.0678. The van der Waals surface area contributed by atoms with Crippen LogP contribution in [0.1, 0.15) is 55.3 Å². The first-order valence-corrected chi connectivity index (χ1v) is 10.4. The van der Waals surface area contributed by atoms with Crippen LogP contribution in [0.3, 0.4) is 0 Å². The lowest BCUT2D eigenvalue weighted by Gasteiger charge is -2.12. The van der Waals surface area contributed by atoms with Crippen molar-refractivity contribution in [3.05, 3.63) is 61.3 Å². The Morgan fingerprint density at radius 2 is 1.83 bits per heavy atom. The number of anilines is 1. The van der Waals surface area contributed by atoms with Crippen molar-refractivity contribution in [2.24, 2.45) is 0 Å². The quantitative estimate of drug-likeness (QED) is 0.684. The average Bonchev–Trinajstić information content (AvgIpc) is 3.04. The van der Waals surface area contributed by atoms with Crippen LogP contribution < -0.4 is 16.1 Å². The Bertz CT molecular complexity index is 1210. The molecule has 0 fully saturated rings. The number of rotatable bonds is 3. The van der Waals surface area contributed by atoms with Gasteiger partial charge in [-0.2, -0.15) is 0 Å². The van der Waals surface area contributed by atoms with Gasteiger partial charge < -0.3 is 15.1 Å². The van der Waals surface area contributed by atoms with Gasteiger partial charge in [0.1, 0.15) is 10.6 Å². The number of aryl methyl sites for hydroxylation is 3. The molecule has 1 aromatic carbocycles. The van der Waals surface area contributed by atoms with E-state index in [1.165, 1.54) is 17.4 Å². The van der Waals surface area contributed by atoms with E-state index in [0.717, 1.165) is 47.3 Å². The third-order valence-electron chi connectivity index (χ3n) is 5.25. The fourth-order valence-electron chi connectivity index (χ4n) is 3.96. The zero-order chi connectivity index (χ0) is 20.7. The molecule has 2 amide bonds. The van der Waals surface area contributed by atoms with Gasteiger partial charge in [-0.05, 0) is 62.3 Å². The van der Waals surface area contributed by atoms with Gasteiger partial charge in [-0.15, -0.1) is 11.3 Å². The number of amides is 2. The molecule has 0 atom stereocenters. The molecule has 2 aromatic heterocycles. The van der Waals surface area contributed by atoms with E-state index >= 15 is 0 Å². The lowest BCUT2D eigenvalue weighted by Crippen LogP contribution is -2.22. The summed E-state index contributed by atoms with van der Waals surface area (Å²) in [5.41, 5.74) is 3.43. The molecule has 2 heterocycles. The number of carbonyl (C=O) groups is 2. The van der Waals surface area contributed by atoms with Crippen LogP contribution in [0.15, 0.2) is 27.4 Å². The molecule has 0 radical (unpaired) electrons. The van der Waals surface area contributed by atoms with Crippen LogP contribution >= 0.6 is 11.3 Å². The van der Waals surface area contributed by atoms with Gasteiger partial charge in [0.25, 0.3) is 11.8 Å². The molecular formula is C22H22N2O4S. The van der Waals surface area contributed by atoms with E-state index in [-0.39, 0.29) is 17.1 Å². The minimum Gasteiger partial charge on any atom is -0.451 e. The number of carbonyl (C=O) groups excluding carboxylic acids is 2. The molecule has 4 rings (SSSR count). The van der Waals surface area contributed by atoms with Gasteiger partial charge in [-0.25, -0.2) is 0 Å². The largest absolute Gasteiger partial charge is 0.451 e. The lowest BCUT2D eigenvalue weighted by atomic mass is 9.95. The predicted octanol–water partition coefficient (Wildman–Crippen LogP) is 3.96. The first-order chi connectivity index (χ1) is 13.9. The maximum absolute atomic E-state index is 12.9. The van der Waals surface area contributed by atoms with Crippen molar-refractivity contribution >= 4 is 39.1 Å². The number of hydrogen-bond donors (Lipinski definition) is 2. The molecule has 0 spiro atoms. The topological polar surface area (TPSA) is 88.4 Å². The Morgan fingerprint density at radius 3 is 2.59 bits per heavy atom. The van der Waals surface area contributed by atoms with Crippen LogP contribution in [0.2, 0.25) is 0 Å². The summed E-state index contributed by atoms with van der Waals surface area (Å²) < 4.78 is 5.76. The van der Waals surface area contributed by atoms with Gasteiger partial charge in [0.05, 0.1) is 10.9 Å². The Kier molecular flexibility index (Phi) is 5.00. The molecule has 150 valence electrons. The van der Waals surface area contributed by atoms with Crippen molar-refractivity contribution < 1.29 is 14.0 Å². The van der Waals surface area contributed by atoms with E-state index in [1.54, 1.807) is 13.1 Å². The second kappa shape index (κ2) is 7.48. The van der Waals surface area contributed by atoms with Crippen molar-refractivity contribution in [2.75, 3.05) is 12.4 Å². The molecule has 2 N–H and O–H groups in total. The summed E-state index contributed by atoms with van der Waals surface area (Å²) in [7, 11) is 1.58. The highest BCUT2D eigenvalue weighted by atomic mass is 32.1. The molecular weight excluding hydrogens is 388 g/mol. The van der Waals surface area contributed by atoms with E-state index < -0.39 is 5.91 Å². The summed E-state index contributed by atoms with van der Waals surface area (Å²) in [6, 6.07) is 4.87. The third kappa shape index (κ3) is 3.46. The summed E-state index contributed by atoms with van der Waals surface area (Å²) in [4.78, 5) is 39.1. The summed E-state index contributed by atoms with van der Waals surface area (Å²) in [5.74, 6) is -0.820. The van der Waals surface area contributed by atoms with Crippen LogP contribution in [0.4, 0.5) is 5.00 Å². The zero-order valence-electron chi connectivity index (χ0n) is 16.6. The molecule has 1 aliphatic carbocycles. The Hall–Kier alpha value is -2.93. The molecule has 6 nitrogen and oxygen atoms in total. The van der Waals surface area contributed by atoms with E-state index in [2.05, 4.69) is 10.6 Å². The highest BCUT2D eigenvalue weighted by Crippen LogP contribution is 2.38. The normalized spacial score (nSPS) is 13.2. The predicted molar refractivity (Wildman–Crippen MR) is 114 cm³/mol. The Balaban J connectivity index is 1.75. The van der Waals surface area contributed by atoms with Gasteiger partial charge in [-0.1, -0.05) is 6.07 Å². The molecule has 0 aliphatic heterocycles. The zero-order valence-corrected chi connectivity index (χ0v) is 17.4. The minimum atomic E-state index is -0.535. The summed E-state index contributed by atoms with van der Waals surface area (Å²) in [6.45, 7) is 3.75. The van der Waals surface area contributed by atoms with Gasteiger partial charge in [-0.3, -0.25) is 14.4 Å². The van der Waals surface area contributed by atoms with Crippen molar-refractivity contribution in [1.82, 2.24) is 5.32 Å². The standard InChI is InChI=1S/C22H22N2O4S/c1-11-8-12(2)18-14(25)10-16(28-15(18)9-11)20(26)24-22-19(21(27)23-3)13-6-4-5-7-17(13)29-22/h8-10H,4-7H2,1-3H3,(H,23,27)(H,24,26). The van der Waals surface area contributed by atoms with Crippen LogP contribution in [0, 0.1) is 13.8 Å². The Morgan fingerprint density at radius 1 is 1.07 bits per heavy atom. The van der Waals surface area contributed by atoms with Gasteiger partial charge in [0, 0.05) is 18.0 Å². The maximum Gasteiger partial charge on any atom is 0.292 e. The summed E-state index contributed by atoms with van der Waals surface area (Å²) in [5, 5.41) is 6.45. The molecule has 0 saturated heterocycles. The number of benzene rings is 1. The van der Waals surface area contributed by atoms with Crippen LogP contribution in [-0.4, -0.2) is 18.9 Å². The fourth-order valence-corrected chi connectivity index (χ4v) is 5.24. The number of thiophene rings is 1. The van der Waals surface area contributed by atoms with E-state index in [0.29, 0.717) is 21.5 Å². The van der Waals surface area contributed by atoms with Crippen molar-refractivity contribution in [3.8, 4) is 0 Å². The van der Waals surface area contributed by atoms with Crippen LogP contribution in [0.25, 0.3) is 11.0 Å². The van der Waals surface area contributed by atoms with Gasteiger partial charge >= 0.3 is 0 Å². The molecule has 0 bridgehead atoms. The second-order valence-corrected chi connectivity index (χ2v) is 8.48. The van der Waals surface area contributed by atoms with Crippen LogP contribution in [0.5, 0.6) is 0 Å². The summed E-state index contributed by atoms with van der Waals surface area (Å²) >= 11 is 1.43. The van der Waals surface area contributed by atoms with E-state index in [4.69, 9.17) is 4.42 Å². The molecule has 7 heteroatoms. The van der Waals surface area contributed by atoms with Crippen molar-refractivity contribution in [3.63, 3.8) is 0 Å². The van der Waals surface area contributed by atoms with Gasteiger partial charge in [0.2, 0.25) is 0 Å². The fraction of sp³-hybridized carbons (Fsp3) is 0.318. The average molecular weight is 410 g/mol. The smallest absolute Gasteiger partial charge is 0.292 e. The summed E-state index contributed by atoms with van der Waals surface area (Å²) in [6.07, 6.45) is 3.84. The molecule has 0 unspecified atom stereocenters. The SMILES string of the molecule is CNC(=O)c1c(NC(=O)c2cc(=O)c3c(C)cc(C)cc3o2)sc2c1CCCC2. The van der Waals surface area contributed by atoms with Crippen molar-refractivity contribution in [2.45, 2.75) is 39.5 Å². The lowest BCUT2D eigenvalue weighted by molar-refractivity contribution is 0.0963. The first kappa shape index (κ1) is 19.4. The maximum atomic E-state index is 12.9. The number of nitrogens with one attached hydrogen (secondary N) is 2. The van der Waals surface area contributed by atoms with Crippen LogP contribution in [-0.2, 0) is 12.8 Å². The number of fused-ring (bicyclic) bond motifs is 2. The first-order valence-electron chi connectivity index (χ1n) is 9.62. The molecule has 29 heavy (non-hydrogen) atoms. The highest BCUT2D eigenvalue weighted by molar-refractivity contribution is 7.17. The van der Waals surface area contributed by atoms with E-state index in [1.807, 2.05) is 19.9 Å². The third-order valence-corrected chi connectivity index (χ3v) is 6.46. The van der Waals surface area contributed by atoms with Crippen molar-refractivity contribution in [1.29, 1.82) is 0 Å². The Labute approximate surface area is 171 Å². The molecule has 0 saturated carbocycles. The molecule has 3 aromatic rings. The number of hydrogen-bond acceptors (Lipinski definition) is 5. The second-order valence-electron chi connectivity index (χ2n) is 7.38. The monoisotopic (exact) mass is 410 g/mol. The molecule has 1 aliphatic rings.